The summed E-state index contributed by atoms with van der Waals surface area (Å²) >= 11 is 0. The van der Waals surface area contributed by atoms with Gasteiger partial charge in [-0.1, -0.05) is 11.1 Å². The topological polar surface area (TPSA) is 0 Å². The Morgan fingerprint density at radius 3 is 2.00 bits per heavy atom. The van der Waals surface area contributed by atoms with E-state index in [1.54, 1.807) is 12.8 Å². The van der Waals surface area contributed by atoms with Gasteiger partial charge in [0.05, 0.1) is 0 Å². The van der Waals surface area contributed by atoms with Crippen LogP contribution in [0.1, 0.15) is 12.8 Å². The molecule has 0 heterocycles. The van der Waals surface area contributed by atoms with E-state index in [1.165, 1.54) is 5.92 Å². The second-order valence-electron chi connectivity index (χ2n) is 3.82. The molecule has 4 unspecified atom stereocenters. The van der Waals surface area contributed by atoms with E-state index in [1.807, 2.05) is 11.1 Å². The molecule has 0 N–H and O–H groups in total. The zero-order valence-corrected chi connectivity index (χ0v) is 4.72. The summed E-state index contributed by atoms with van der Waals surface area (Å²) in [6.45, 7) is 0. The summed E-state index contributed by atoms with van der Waals surface area (Å²) < 4.78 is 0. The second kappa shape index (κ2) is 0.570. The van der Waals surface area contributed by atoms with Crippen molar-refractivity contribution in [1.82, 2.24) is 0 Å². The molecule has 0 aromatic heterocycles. The van der Waals surface area contributed by atoms with Gasteiger partial charge >= 0.3 is 0 Å². The van der Waals surface area contributed by atoms with Gasteiger partial charge in [-0.3, -0.25) is 0 Å². The summed E-state index contributed by atoms with van der Waals surface area (Å²) in [5, 5.41) is 0. The smallest absolute Gasteiger partial charge is 0.00652 e. The van der Waals surface area contributed by atoms with Crippen LogP contribution < -0.4 is 0 Å². The van der Waals surface area contributed by atoms with E-state index < -0.39 is 0 Å². The molecule has 40 valence electrons. The van der Waals surface area contributed by atoms with Crippen molar-refractivity contribution in [3.8, 4) is 0 Å². The van der Waals surface area contributed by atoms with Crippen molar-refractivity contribution >= 4 is 0 Å². The summed E-state index contributed by atoms with van der Waals surface area (Å²) in [4.78, 5) is 0. The Labute approximate surface area is 48.6 Å². The number of rotatable bonds is 0. The van der Waals surface area contributed by atoms with Gasteiger partial charge in [0.15, 0.2) is 0 Å². The van der Waals surface area contributed by atoms with Crippen molar-refractivity contribution in [2.75, 3.05) is 0 Å². The maximum Gasteiger partial charge on any atom is -0.00652 e. The maximum absolute atomic E-state index is 1.94. The Morgan fingerprint density at radius 2 is 1.75 bits per heavy atom. The molecule has 4 aliphatic rings. The van der Waals surface area contributed by atoms with E-state index >= 15 is 0 Å². The lowest BCUT2D eigenvalue weighted by atomic mass is 9.59. The molecule has 8 heavy (non-hydrogen) atoms. The average Bonchev–Trinajstić information content (AvgIpc) is 2.32. The molecule has 0 spiro atoms. The summed E-state index contributed by atoms with van der Waals surface area (Å²) in [6, 6.07) is 0. The molecule has 4 aliphatic carbocycles. The minimum Gasteiger partial charge on any atom is -0.0635 e. The van der Waals surface area contributed by atoms with Crippen molar-refractivity contribution in [3.05, 3.63) is 11.1 Å². The van der Waals surface area contributed by atoms with E-state index in [2.05, 4.69) is 0 Å². The van der Waals surface area contributed by atoms with E-state index in [-0.39, 0.29) is 0 Å². The predicted molar refractivity (Wildman–Crippen MR) is 30.2 cm³/mol. The molecule has 0 amide bonds. The van der Waals surface area contributed by atoms with Crippen LogP contribution in [0.25, 0.3) is 0 Å². The van der Waals surface area contributed by atoms with E-state index in [9.17, 15) is 0 Å². The molecule has 4 rings (SSSR count). The van der Waals surface area contributed by atoms with Crippen LogP contribution in [0, 0.1) is 23.7 Å². The molecule has 2 saturated carbocycles. The highest BCUT2D eigenvalue weighted by atomic mass is 14.8. The van der Waals surface area contributed by atoms with Gasteiger partial charge in [0.1, 0.15) is 0 Å². The third kappa shape index (κ3) is 0.113. The standard InChI is InChI=1S/C8H8/c1-3-2-5-7-4(1)6(3)8(5)7/h3-5,7H,1-2H2. The van der Waals surface area contributed by atoms with Crippen molar-refractivity contribution in [3.63, 3.8) is 0 Å². The molecular weight excluding hydrogens is 96.1 g/mol. The fraction of sp³-hybridized carbons (Fsp3) is 0.750. The molecule has 4 atom stereocenters. The third-order valence-electron chi connectivity index (χ3n) is 3.77. The number of hydrogen-bond donors (Lipinski definition) is 0. The first-order valence-electron chi connectivity index (χ1n) is 3.70. The quantitative estimate of drug-likeness (QED) is 0.409. The Morgan fingerprint density at radius 1 is 1.00 bits per heavy atom. The number of hydrogen-bond acceptors (Lipinski definition) is 0. The van der Waals surface area contributed by atoms with Gasteiger partial charge in [-0.2, -0.15) is 0 Å². The Hall–Kier alpha value is -0.260. The lowest BCUT2D eigenvalue weighted by Gasteiger charge is -2.46. The minimum absolute atomic E-state index is 1.13. The molecule has 0 bridgehead atoms. The van der Waals surface area contributed by atoms with Crippen LogP contribution in [0.5, 0.6) is 0 Å². The van der Waals surface area contributed by atoms with Gasteiger partial charge in [0.25, 0.3) is 0 Å². The fourth-order valence-electron chi connectivity index (χ4n) is 3.44. The van der Waals surface area contributed by atoms with Gasteiger partial charge < -0.3 is 0 Å². The van der Waals surface area contributed by atoms with E-state index in [0.29, 0.717) is 0 Å². The molecule has 0 aromatic carbocycles. The van der Waals surface area contributed by atoms with Gasteiger partial charge in [0.2, 0.25) is 0 Å². The van der Waals surface area contributed by atoms with Gasteiger partial charge in [0, 0.05) is 0 Å². The molecule has 0 aliphatic heterocycles. The zero-order chi connectivity index (χ0) is 4.88. The highest BCUT2D eigenvalue weighted by molar-refractivity contribution is 5.58. The molecule has 0 aromatic rings. The van der Waals surface area contributed by atoms with Crippen LogP contribution >= 0.6 is 0 Å². The van der Waals surface area contributed by atoms with E-state index in [0.717, 1.165) is 17.8 Å². The van der Waals surface area contributed by atoms with Crippen LogP contribution in [0.15, 0.2) is 11.1 Å². The first-order valence-corrected chi connectivity index (χ1v) is 3.70. The van der Waals surface area contributed by atoms with Crippen molar-refractivity contribution in [1.29, 1.82) is 0 Å². The Balaban J connectivity index is 2.18. The van der Waals surface area contributed by atoms with Crippen LogP contribution in [0.3, 0.4) is 0 Å². The van der Waals surface area contributed by atoms with Crippen molar-refractivity contribution < 1.29 is 0 Å². The SMILES string of the molecule is C1C2CC3C4=C2C1C43. The van der Waals surface area contributed by atoms with Gasteiger partial charge in [-0.25, -0.2) is 0 Å². The zero-order valence-electron chi connectivity index (χ0n) is 4.72. The summed E-state index contributed by atoms with van der Waals surface area (Å²) in [5.74, 6) is 4.63. The molecule has 2 fully saturated rings. The molecule has 0 saturated heterocycles. The summed E-state index contributed by atoms with van der Waals surface area (Å²) in [6.07, 6.45) is 3.16. The second-order valence-corrected chi connectivity index (χ2v) is 3.82. The van der Waals surface area contributed by atoms with Crippen molar-refractivity contribution in [2.45, 2.75) is 12.8 Å². The number of allylic oxidation sites excluding steroid dienone is 2. The Kier molecular flexibility index (Phi) is 0.217. The first-order chi connectivity index (χ1) is 3.97. The van der Waals surface area contributed by atoms with Crippen LogP contribution in [0.2, 0.25) is 0 Å². The highest BCUT2D eigenvalue weighted by Crippen LogP contribution is 2.80. The molecular formula is C8H8. The van der Waals surface area contributed by atoms with Gasteiger partial charge in [-0.15, -0.1) is 0 Å². The van der Waals surface area contributed by atoms with Gasteiger partial charge in [-0.05, 0) is 36.5 Å². The van der Waals surface area contributed by atoms with E-state index in [4.69, 9.17) is 0 Å². The molecule has 0 nitrogen and oxygen atoms in total. The van der Waals surface area contributed by atoms with Crippen LogP contribution in [-0.2, 0) is 0 Å². The lowest BCUT2D eigenvalue weighted by Crippen LogP contribution is -2.36. The summed E-state index contributed by atoms with van der Waals surface area (Å²) in [5.41, 5.74) is 3.88. The van der Waals surface area contributed by atoms with Crippen LogP contribution in [-0.4, -0.2) is 0 Å². The predicted octanol–water partition coefficient (Wildman–Crippen LogP) is 1.58. The van der Waals surface area contributed by atoms with Crippen LogP contribution in [0.4, 0.5) is 0 Å². The average molecular weight is 104 g/mol. The lowest BCUT2D eigenvalue weighted by molar-refractivity contribution is 0.191. The maximum atomic E-state index is 1.94. The normalized spacial score (nSPS) is 69.0. The monoisotopic (exact) mass is 104 g/mol. The minimum atomic E-state index is 1.13. The third-order valence-corrected chi connectivity index (χ3v) is 3.77. The largest absolute Gasteiger partial charge is 0.0635 e. The number of fused-ring (bicyclic) bond motifs is 2. The first kappa shape index (κ1) is 3.05. The highest BCUT2D eigenvalue weighted by Gasteiger charge is 2.71. The Bertz CT molecular complexity index is 222. The molecule has 0 radical (unpaired) electrons. The summed E-state index contributed by atoms with van der Waals surface area (Å²) in [7, 11) is 0. The fourth-order valence-corrected chi connectivity index (χ4v) is 3.44. The molecule has 0 heteroatoms. The van der Waals surface area contributed by atoms with Crippen molar-refractivity contribution in [2.24, 2.45) is 23.7 Å².